The van der Waals surface area contributed by atoms with Crippen LogP contribution in [0.1, 0.15) is 10.4 Å². The van der Waals surface area contributed by atoms with Gasteiger partial charge in [-0.25, -0.2) is 4.79 Å². The van der Waals surface area contributed by atoms with Crippen molar-refractivity contribution in [2.45, 2.75) is 0 Å². The Bertz CT molecular complexity index is 1030. The first-order valence-electron chi connectivity index (χ1n) is 8.86. The number of carbonyl (C=O) groups excluding carboxylic acids is 2. The molecule has 0 saturated carbocycles. The van der Waals surface area contributed by atoms with Gasteiger partial charge < -0.3 is 9.64 Å². The van der Waals surface area contributed by atoms with Crippen molar-refractivity contribution < 1.29 is 14.3 Å². The summed E-state index contributed by atoms with van der Waals surface area (Å²) in [5.74, 6) is -0.244. The van der Waals surface area contributed by atoms with E-state index in [1.165, 1.54) is 0 Å². The molecule has 0 bridgehead atoms. The van der Waals surface area contributed by atoms with Crippen LogP contribution in [0.5, 0.6) is 0 Å². The lowest BCUT2D eigenvalue weighted by molar-refractivity contribution is 0.101. The van der Waals surface area contributed by atoms with Crippen molar-refractivity contribution in [2.24, 2.45) is 0 Å². The molecule has 5 nitrogen and oxygen atoms in total. The van der Waals surface area contributed by atoms with E-state index < -0.39 is 6.09 Å². The first kappa shape index (κ1) is 19.2. The minimum absolute atomic E-state index is 0.172. The van der Waals surface area contributed by atoms with Gasteiger partial charge in [0.15, 0.2) is 5.78 Å². The van der Waals surface area contributed by atoms with E-state index in [4.69, 9.17) is 4.74 Å². The highest BCUT2D eigenvalue weighted by Crippen LogP contribution is 2.23. The number of carbonyl (C=O) groups is 2. The molecule has 1 N–H and O–H groups in total. The minimum Gasteiger partial charge on any atom is -0.444 e. The Morgan fingerprint density at radius 2 is 1.64 bits per heavy atom. The first-order valence-corrected chi connectivity index (χ1v) is 8.86. The number of ketones is 1. The van der Waals surface area contributed by atoms with E-state index >= 15 is 0 Å². The third-order valence-electron chi connectivity index (χ3n) is 4.32. The summed E-state index contributed by atoms with van der Waals surface area (Å²) in [6, 6.07) is 20.5. The Hall–Kier alpha value is -3.60. The summed E-state index contributed by atoms with van der Waals surface area (Å²) < 4.78 is 5.10. The number of amides is 1. The zero-order valence-corrected chi connectivity index (χ0v) is 15.9. The molecule has 3 rings (SSSR count). The van der Waals surface area contributed by atoms with Crippen molar-refractivity contribution in [3.05, 3.63) is 84.4 Å². The smallest absolute Gasteiger partial charge is 0.411 e. The maximum Gasteiger partial charge on any atom is 0.411 e. The maximum atomic E-state index is 12.6. The number of hydrogen-bond acceptors (Lipinski definition) is 4. The van der Waals surface area contributed by atoms with Crippen molar-refractivity contribution in [1.82, 2.24) is 0 Å². The van der Waals surface area contributed by atoms with Gasteiger partial charge in [0.2, 0.25) is 0 Å². The van der Waals surface area contributed by atoms with E-state index in [1.54, 1.807) is 30.3 Å². The number of rotatable bonds is 6. The summed E-state index contributed by atoms with van der Waals surface area (Å²) in [6.45, 7) is 3.59. The van der Waals surface area contributed by atoms with E-state index in [9.17, 15) is 9.59 Å². The molecule has 3 aromatic rings. The molecule has 0 aromatic heterocycles. The number of nitrogens with one attached hydrogen (secondary N) is 1. The summed E-state index contributed by atoms with van der Waals surface area (Å²) in [7, 11) is 3.97. The number of nitrogens with zero attached hydrogens (tertiary/aromatic N) is 1. The van der Waals surface area contributed by atoms with Crippen molar-refractivity contribution in [1.29, 1.82) is 0 Å². The third kappa shape index (κ3) is 4.57. The second-order valence-electron chi connectivity index (χ2n) is 6.64. The SMILES string of the molecule is C=C(COC(=O)Nc1ccccc1)C(=O)c1ccc2cc(N(C)C)ccc2c1. The van der Waals surface area contributed by atoms with Crippen LogP contribution < -0.4 is 10.2 Å². The minimum atomic E-state index is -0.630. The Labute approximate surface area is 164 Å². The lowest BCUT2D eigenvalue weighted by Gasteiger charge is -2.13. The van der Waals surface area contributed by atoms with Gasteiger partial charge in [-0.2, -0.15) is 0 Å². The molecule has 3 aromatic carbocycles. The van der Waals surface area contributed by atoms with E-state index in [1.807, 2.05) is 49.3 Å². The standard InChI is InChI=1S/C23H22N2O3/c1-16(15-28-23(27)24-20-7-5-4-6-8-20)22(26)19-10-9-18-14-21(25(2)3)12-11-17(18)13-19/h4-14H,1,15H2,2-3H3,(H,24,27). The zero-order valence-electron chi connectivity index (χ0n) is 15.9. The lowest BCUT2D eigenvalue weighted by Crippen LogP contribution is -2.17. The number of benzene rings is 3. The molecule has 0 atom stereocenters. The summed E-state index contributed by atoms with van der Waals surface area (Å²) in [4.78, 5) is 26.5. The van der Waals surface area contributed by atoms with Crippen LogP contribution in [0.3, 0.4) is 0 Å². The van der Waals surface area contributed by atoms with Crippen LogP contribution >= 0.6 is 0 Å². The molecule has 0 aliphatic carbocycles. The van der Waals surface area contributed by atoms with Gasteiger partial charge in [0.05, 0.1) is 0 Å². The summed E-state index contributed by atoms with van der Waals surface area (Å²) in [6.07, 6.45) is -0.630. The Morgan fingerprint density at radius 3 is 2.36 bits per heavy atom. The van der Waals surface area contributed by atoms with Gasteiger partial charge in [0, 0.05) is 36.6 Å². The molecule has 0 fully saturated rings. The molecule has 142 valence electrons. The highest BCUT2D eigenvalue weighted by atomic mass is 16.5. The van der Waals surface area contributed by atoms with E-state index in [-0.39, 0.29) is 18.0 Å². The summed E-state index contributed by atoms with van der Waals surface area (Å²) in [5.41, 5.74) is 2.44. The predicted molar refractivity (Wildman–Crippen MR) is 113 cm³/mol. The predicted octanol–water partition coefficient (Wildman–Crippen LogP) is 4.89. The number of fused-ring (bicyclic) bond motifs is 1. The van der Waals surface area contributed by atoms with Gasteiger partial charge in [-0.05, 0) is 41.1 Å². The maximum absolute atomic E-state index is 12.6. The highest BCUT2D eigenvalue weighted by molar-refractivity contribution is 6.10. The largest absolute Gasteiger partial charge is 0.444 e. The molecule has 0 radical (unpaired) electrons. The fourth-order valence-corrected chi connectivity index (χ4v) is 2.75. The number of para-hydroxylation sites is 1. The lowest BCUT2D eigenvalue weighted by atomic mass is 10.0. The number of hydrogen-bond donors (Lipinski definition) is 1. The van der Waals surface area contributed by atoms with E-state index in [0.29, 0.717) is 11.3 Å². The second-order valence-corrected chi connectivity index (χ2v) is 6.64. The third-order valence-corrected chi connectivity index (χ3v) is 4.32. The Kier molecular flexibility index (Phi) is 5.75. The topological polar surface area (TPSA) is 58.6 Å². The highest BCUT2D eigenvalue weighted by Gasteiger charge is 2.13. The van der Waals surface area contributed by atoms with Crippen LogP contribution in [0.2, 0.25) is 0 Å². The van der Waals surface area contributed by atoms with Crippen LogP contribution in [0.25, 0.3) is 10.8 Å². The average Bonchev–Trinajstić information content (AvgIpc) is 2.71. The van der Waals surface area contributed by atoms with Gasteiger partial charge in [-0.1, -0.05) is 43.0 Å². The summed E-state index contributed by atoms with van der Waals surface area (Å²) >= 11 is 0. The van der Waals surface area contributed by atoms with Crippen molar-refractivity contribution >= 4 is 34.0 Å². The second kappa shape index (κ2) is 8.39. The van der Waals surface area contributed by atoms with Gasteiger partial charge in [-0.3, -0.25) is 10.1 Å². The van der Waals surface area contributed by atoms with E-state index in [0.717, 1.165) is 16.5 Å². The molecular formula is C23H22N2O3. The molecule has 0 saturated heterocycles. The molecule has 5 heteroatoms. The summed E-state index contributed by atoms with van der Waals surface area (Å²) in [5, 5.41) is 4.61. The number of ether oxygens (including phenoxy) is 1. The fraction of sp³-hybridized carbons (Fsp3) is 0.130. The molecule has 1 amide bonds. The van der Waals surface area contributed by atoms with Crippen LogP contribution in [0.15, 0.2) is 78.9 Å². The van der Waals surface area contributed by atoms with Gasteiger partial charge in [-0.15, -0.1) is 0 Å². The molecule has 0 heterocycles. The number of anilines is 2. The Balaban J connectivity index is 1.63. The van der Waals surface area contributed by atoms with Gasteiger partial charge in [0.25, 0.3) is 0 Å². The molecule has 0 aliphatic heterocycles. The van der Waals surface area contributed by atoms with Gasteiger partial charge >= 0.3 is 6.09 Å². The average molecular weight is 374 g/mol. The monoisotopic (exact) mass is 374 g/mol. The molecule has 0 unspecified atom stereocenters. The van der Waals surface area contributed by atoms with Crippen molar-refractivity contribution in [3.63, 3.8) is 0 Å². The molecular weight excluding hydrogens is 352 g/mol. The molecule has 28 heavy (non-hydrogen) atoms. The van der Waals surface area contributed by atoms with Crippen molar-refractivity contribution in [3.8, 4) is 0 Å². The zero-order chi connectivity index (χ0) is 20.1. The van der Waals surface area contributed by atoms with Crippen LogP contribution in [0.4, 0.5) is 16.2 Å². The molecule has 0 spiro atoms. The normalized spacial score (nSPS) is 10.4. The quantitative estimate of drug-likeness (QED) is 0.493. The fourth-order valence-electron chi connectivity index (χ4n) is 2.75. The Morgan fingerprint density at radius 1 is 0.964 bits per heavy atom. The molecule has 0 aliphatic rings. The van der Waals surface area contributed by atoms with Crippen LogP contribution in [-0.4, -0.2) is 32.6 Å². The van der Waals surface area contributed by atoms with Crippen LogP contribution in [0, 0.1) is 0 Å². The van der Waals surface area contributed by atoms with Gasteiger partial charge in [0.1, 0.15) is 6.61 Å². The number of Topliss-reactive ketones (excluding diaryl/α,β-unsaturated/α-hetero) is 1. The van der Waals surface area contributed by atoms with Crippen molar-refractivity contribution in [2.75, 3.05) is 30.9 Å². The van der Waals surface area contributed by atoms with E-state index in [2.05, 4.69) is 18.0 Å². The first-order chi connectivity index (χ1) is 13.4. The van der Waals surface area contributed by atoms with Crippen LogP contribution in [-0.2, 0) is 4.74 Å².